The maximum absolute atomic E-state index is 6.05. The second-order valence-corrected chi connectivity index (χ2v) is 6.21. The molecule has 1 fully saturated rings. The van der Waals surface area contributed by atoms with Crippen LogP contribution in [-0.4, -0.2) is 27.6 Å². The van der Waals surface area contributed by atoms with E-state index < -0.39 is 0 Å². The third-order valence-corrected chi connectivity index (χ3v) is 4.50. The van der Waals surface area contributed by atoms with Crippen molar-refractivity contribution in [2.45, 2.75) is 45.6 Å². The number of likely N-dealkylation sites (tertiary alicyclic amines) is 1. The highest BCUT2D eigenvalue weighted by Gasteiger charge is 2.18. The molecule has 0 N–H and O–H groups in total. The molecule has 2 heterocycles. The molecule has 1 aromatic rings. The number of halogens is 1. The summed E-state index contributed by atoms with van der Waals surface area (Å²) in [7, 11) is 0. The van der Waals surface area contributed by atoms with Crippen LogP contribution in [0.15, 0.2) is 0 Å². The summed E-state index contributed by atoms with van der Waals surface area (Å²) < 4.78 is 4.64. The second-order valence-electron chi connectivity index (χ2n) is 4.86. The first-order valence-electron chi connectivity index (χ1n) is 6.48. The Morgan fingerprint density at radius 3 is 3.00 bits per heavy atom. The van der Waals surface area contributed by atoms with Crippen LogP contribution in [0.1, 0.15) is 44.7 Å². The van der Waals surface area contributed by atoms with Crippen LogP contribution in [0, 0.1) is 5.92 Å². The standard InChI is InChI=1S/C12H20ClN3S/c1-2-4-10-5-3-7-16(8-6-10)9-11-12(13)17-15-14-11/h10H,2-9H2,1H3. The Morgan fingerprint density at radius 2 is 2.29 bits per heavy atom. The molecular formula is C12H20ClN3S. The molecule has 0 aromatic carbocycles. The lowest BCUT2D eigenvalue weighted by Gasteiger charge is -2.18. The van der Waals surface area contributed by atoms with E-state index in [0.717, 1.165) is 22.5 Å². The van der Waals surface area contributed by atoms with Crippen molar-refractivity contribution in [3.05, 3.63) is 10.0 Å². The van der Waals surface area contributed by atoms with E-state index in [9.17, 15) is 0 Å². The van der Waals surface area contributed by atoms with Gasteiger partial charge in [0.25, 0.3) is 0 Å². The molecule has 2 rings (SSSR count). The van der Waals surface area contributed by atoms with Crippen LogP contribution in [0.25, 0.3) is 0 Å². The predicted molar refractivity (Wildman–Crippen MR) is 72.4 cm³/mol. The smallest absolute Gasteiger partial charge is 0.138 e. The molecule has 17 heavy (non-hydrogen) atoms. The lowest BCUT2D eigenvalue weighted by molar-refractivity contribution is 0.268. The number of hydrogen-bond acceptors (Lipinski definition) is 4. The average Bonchev–Trinajstić information content (AvgIpc) is 2.59. The van der Waals surface area contributed by atoms with Crippen LogP contribution in [0.3, 0.4) is 0 Å². The molecule has 1 aromatic heterocycles. The molecule has 0 saturated carbocycles. The zero-order valence-corrected chi connectivity index (χ0v) is 11.9. The van der Waals surface area contributed by atoms with E-state index in [0.29, 0.717) is 0 Å². The lowest BCUT2D eigenvalue weighted by atomic mass is 9.96. The fourth-order valence-corrected chi connectivity index (χ4v) is 3.19. The van der Waals surface area contributed by atoms with Gasteiger partial charge in [0.1, 0.15) is 10.0 Å². The van der Waals surface area contributed by atoms with Gasteiger partial charge < -0.3 is 0 Å². The molecule has 0 bridgehead atoms. The lowest BCUT2D eigenvalue weighted by Crippen LogP contribution is -2.24. The third-order valence-electron chi connectivity index (χ3n) is 3.52. The minimum Gasteiger partial charge on any atom is -0.297 e. The molecule has 1 aliphatic heterocycles. The molecule has 0 radical (unpaired) electrons. The van der Waals surface area contributed by atoms with Crippen LogP contribution in [0.2, 0.25) is 4.34 Å². The van der Waals surface area contributed by atoms with Gasteiger partial charge in [-0.3, -0.25) is 4.90 Å². The van der Waals surface area contributed by atoms with Gasteiger partial charge >= 0.3 is 0 Å². The highest BCUT2D eigenvalue weighted by atomic mass is 35.5. The Balaban J connectivity index is 1.85. The van der Waals surface area contributed by atoms with Crippen molar-refractivity contribution in [3.63, 3.8) is 0 Å². The summed E-state index contributed by atoms with van der Waals surface area (Å²) in [6.45, 7) is 5.50. The summed E-state index contributed by atoms with van der Waals surface area (Å²) in [6.07, 6.45) is 6.70. The zero-order valence-electron chi connectivity index (χ0n) is 10.4. The fraction of sp³-hybridized carbons (Fsp3) is 0.833. The van der Waals surface area contributed by atoms with Gasteiger partial charge in [-0.1, -0.05) is 35.9 Å². The second kappa shape index (κ2) is 6.66. The molecule has 1 aliphatic rings. The molecule has 0 amide bonds. The monoisotopic (exact) mass is 273 g/mol. The first-order chi connectivity index (χ1) is 8.29. The van der Waals surface area contributed by atoms with Gasteiger partial charge in [0.2, 0.25) is 0 Å². The van der Waals surface area contributed by atoms with Crippen molar-refractivity contribution in [2.75, 3.05) is 13.1 Å². The Labute approximate surface area is 112 Å². The van der Waals surface area contributed by atoms with Crippen LogP contribution in [0.4, 0.5) is 0 Å². The van der Waals surface area contributed by atoms with Gasteiger partial charge in [0.15, 0.2) is 0 Å². The van der Waals surface area contributed by atoms with Gasteiger partial charge in [0.05, 0.1) is 0 Å². The van der Waals surface area contributed by atoms with Crippen molar-refractivity contribution in [1.82, 2.24) is 14.5 Å². The highest BCUT2D eigenvalue weighted by molar-refractivity contribution is 7.10. The van der Waals surface area contributed by atoms with Crippen molar-refractivity contribution in [1.29, 1.82) is 0 Å². The molecule has 3 nitrogen and oxygen atoms in total. The number of rotatable bonds is 4. The van der Waals surface area contributed by atoms with Crippen molar-refractivity contribution >= 4 is 23.1 Å². The quantitative estimate of drug-likeness (QED) is 0.839. The Bertz CT molecular complexity index is 342. The Kier molecular flexibility index (Phi) is 5.19. The van der Waals surface area contributed by atoms with E-state index in [1.165, 1.54) is 56.7 Å². The SMILES string of the molecule is CCCC1CCCN(Cc2nnsc2Cl)CC1. The maximum Gasteiger partial charge on any atom is 0.138 e. The van der Waals surface area contributed by atoms with Crippen LogP contribution >= 0.6 is 23.1 Å². The molecule has 1 saturated heterocycles. The van der Waals surface area contributed by atoms with Crippen molar-refractivity contribution in [2.24, 2.45) is 5.92 Å². The van der Waals surface area contributed by atoms with E-state index in [4.69, 9.17) is 11.6 Å². The van der Waals surface area contributed by atoms with E-state index in [2.05, 4.69) is 21.4 Å². The number of nitrogens with zero attached hydrogens (tertiary/aromatic N) is 3. The van der Waals surface area contributed by atoms with E-state index in [-0.39, 0.29) is 0 Å². The summed E-state index contributed by atoms with van der Waals surface area (Å²) in [5.41, 5.74) is 0.950. The first-order valence-corrected chi connectivity index (χ1v) is 7.63. The average molecular weight is 274 g/mol. The predicted octanol–water partition coefficient (Wildman–Crippen LogP) is 3.59. The van der Waals surface area contributed by atoms with Gasteiger partial charge in [-0.2, -0.15) is 0 Å². The zero-order chi connectivity index (χ0) is 12.1. The normalized spacial score (nSPS) is 22.6. The molecule has 0 aliphatic carbocycles. The summed E-state index contributed by atoms with van der Waals surface area (Å²) >= 11 is 7.33. The Hall–Kier alpha value is -0.190. The van der Waals surface area contributed by atoms with E-state index in [1.54, 1.807) is 0 Å². The topological polar surface area (TPSA) is 29.0 Å². The fourth-order valence-electron chi connectivity index (χ4n) is 2.58. The minimum atomic E-state index is 0.749. The highest BCUT2D eigenvalue weighted by Crippen LogP contribution is 2.24. The molecular weight excluding hydrogens is 254 g/mol. The largest absolute Gasteiger partial charge is 0.297 e. The van der Waals surface area contributed by atoms with Gasteiger partial charge in [0, 0.05) is 18.1 Å². The maximum atomic E-state index is 6.05. The van der Waals surface area contributed by atoms with Crippen LogP contribution in [-0.2, 0) is 6.54 Å². The van der Waals surface area contributed by atoms with E-state index >= 15 is 0 Å². The minimum absolute atomic E-state index is 0.749. The molecule has 1 unspecified atom stereocenters. The molecule has 96 valence electrons. The third kappa shape index (κ3) is 3.90. The Morgan fingerprint density at radius 1 is 1.41 bits per heavy atom. The summed E-state index contributed by atoms with van der Waals surface area (Å²) in [5.74, 6) is 0.925. The van der Waals surface area contributed by atoms with Crippen molar-refractivity contribution in [3.8, 4) is 0 Å². The molecule has 1 atom stereocenters. The van der Waals surface area contributed by atoms with Gasteiger partial charge in [-0.25, -0.2) is 0 Å². The van der Waals surface area contributed by atoms with Gasteiger partial charge in [-0.15, -0.1) is 5.10 Å². The van der Waals surface area contributed by atoms with Crippen LogP contribution in [0.5, 0.6) is 0 Å². The van der Waals surface area contributed by atoms with Crippen molar-refractivity contribution < 1.29 is 0 Å². The number of aromatic nitrogens is 2. The van der Waals surface area contributed by atoms with Crippen LogP contribution < -0.4 is 0 Å². The van der Waals surface area contributed by atoms with Gasteiger partial charge in [-0.05, 0) is 38.3 Å². The van der Waals surface area contributed by atoms with E-state index in [1.807, 2.05) is 0 Å². The summed E-state index contributed by atoms with van der Waals surface area (Å²) in [4.78, 5) is 2.47. The number of hydrogen-bond donors (Lipinski definition) is 0. The summed E-state index contributed by atoms with van der Waals surface area (Å²) in [5, 5.41) is 4.09. The summed E-state index contributed by atoms with van der Waals surface area (Å²) in [6, 6.07) is 0. The molecule has 5 heteroatoms. The first kappa shape index (κ1) is 13.2. The molecule has 0 spiro atoms.